The lowest BCUT2D eigenvalue weighted by molar-refractivity contribution is 0.0981. The van der Waals surface area contributed by atoms with Crippen molar-refractivity contribution in [2.24, 2.45) is 0 Å². The Balaban J connectivity index is 2.62. The van der Waals surface area contributed by atoms with Gasteiger partial charge in [0.15, 0.2) is 6.79 Å². The Morgan fingerprint density at radius 2 is 2.19 bits per heavy atom. The maximum absolute atomic E-state index is 8.61. The van der Waals surface area contributed by atoms with Gasteiger partial charge >= 0.3 is 0 Å². The molecule has 1 atom stereocenters. The maximum Gasteiger partial charge on any atom is 0.186 e. The molecule has 1 rings (SSSR count). The fourth-order valence-corrected chi connectivity index (χ4v) is 1.80. The highest BCUT2D eigenvalue weighted by atomic mass is 16.6. The quantitative estimate of drug-likeness (QED) is 0.722. The molecule has 0 bridgehead atoms. The highest BCUT2D eigenvalue weighted by Gasteiger charge is 2.10. The van der Waals surface area contributed by atoms with E-state index in [1.165, 1.54) is 19.3 Å². The zero-order valence-electron chi connectivity index (χ0n) is 10.1. The number of aliphatic hydroxyl groups is 1. The largest absolute Gasteiger partial charge is 0.466 e. The number of ether oxygens (including phenoxy) is 1. The number of unbranched alkanes of at least 4 members (excludes halogenated alkanes) is 1. The summed E-state index contributed by atoms with van der Waals surface area (Å²) in [6.45, 7) is 4.10. The minimum absolute atomic E-state index is 0.298. The van der Waals surface area contributed by atoms with Crippen molar-refractivity contribution < 1.29 is 9.84 Å². The van der Waals surface area contributed by atoms with Crippen molar-refractivity contribution >= 4 is 0 Å². The molecule has 1 heterocycles. The van der Waals surface area contributed by atoms with E-state index in [4.69, 9.17) is 9.84 Å². The summed E-state index contributed by atoms with van der Waals surface area (Å²) in [6, 6.07) is 3.86. The Morgan fingerprint density at radius 3 is 2.69 bits per heavy atom. The molecular weight excluding hydrogens is 202 g/mol. The average molecular weight is 223 g/mol. The minimum Gasteiger partial charge on any atom is -0.466 e. The lowest BCUT2D eigenvalue weighted by Gasteiger charge is -2.14. The number of nitrogens with zero attached hydrogens (tertiary/aromatic N) is 1. The molecule has 0 aliphatic carbocycles. The van der Waals surface area contributed by atoms with Gasteiger partial charge in [-0.3, -0.25) is 4.98 Å². The third-order valence-electron chi connectivity index (χ3n) is 2.81. The lowest BCUT2D eigenvalue weighted by Crippen LogP contribution is -2.01. The van der Waals surface area contributed by atoms with Crippen LogP contribution in [-0.4, -0.2) is 16.9 Å². The zero-order chi connectivity index (χ0) is 11.8. The summed E-state index contributed by atoms with van der Waals surface area (Å²) in [5, 5.41) is 8.61. The van der Waals surface area contributed by atoms with Crippen molar-refractivity contribution in [1.82, 2.24) is 4.98 Å². The van der Waals surface area contributed by atoms with Gasteiger partial charge in [0.05, 0.1) is 6.20 Å². The van der Waals surface area contributed by atoms with Gasteiger partial charge in [-0.05, 0) is 25.0 Å². The lowest BCUT2D eigenvalue weighted by atomic mass is 9.95. The van der Waals surface area contributed by atoms with Gasteiger partial charge in [0.25, 0.3) is 0 Å². The summed E-state index contributed by atoms with van der Waals surface area (Å²) in [5.41, 5.74) is 1.13. The van der Waals surface area contributed by atoms with Crippen molar-refractivity contribution in [2.45, 2.75) is 45.4 Å². The Morgan fingerprint density at radius 1 is 1.38 bits per heavy atom. The Bertz CT molecular complexity index is 284. The van der Waals surface area contributed by atoms with E-state index in [0.29, 0.717) is 11.7 Å². The molecule has 1 aromatic heterocycles. The standard InChI is InChI=1S/C13H21NO2/c1-3-5-6-11(4-2)13-8-7-12(9-14-13)16-10-15/h7-9,11,15H,3-6,10H2,1-2H3. The number of hydrogen-bond donors (Lipinski definition) is 1. The van der Waals surface area contributed by atoms with Crippen LogP contribution in [0.3, 0.4) is 0 Å². The van der Waals surface area contributed by atoms with Gasteiger partial charge in [0, 0.05) is 11.6 Å². The van der Waals surface area contributed by atoms with E-state index < -0.39 is 0 Å². The van der Waals surface area contributed by atoms with Crippen LogP contribution in [0.5, 0.6) is 5.75 Å². The molecule has 90 valence electrons. The highest BCUT2D eigenvalue weighted by molar-refractivity contribution is 5.21. The van der Waals surface area contributed by atoms with Gasteiger partial charge in [-0.1, -0.05) is 26.7 Å². The van der Waals surface area contributed by atoms with E-state index in [-0.39, 0.29) is 6.79 Å². The first kappa shape index (κ1) is 13.0. The molecule has 0 saturated heterocycles. The number of pyridine rings is 1. The van der Waals surface area contributed by atoms with Crippen molar-refractivity contribution in [3.63, 3.8) is 0 Å². The van der Waals surface area contributed by atoms with Gasteiger partial charge in [-0.25, -0.2) is 0 Å². The van der Waals surface area contributed by atoms with Crippen LogP contribution in [-0.2, 0) is 0 Å². The van der Waals surface area contributed by atoms with E-state index in [1.54, 1.807) is 6.20 Å². The van der Waals surface area contributed by atoms with Crippen LogP contribution in [0.15, 0.2) is 18.3 Å². The normalized spacial score (nSPS) is 12.4. The molecule has 1 unspecified atom stereocenters. The summed E-state index contributed by atoms with van der Waals surface area (Å²) in [5.74, 6) is 1.17. The van der Waals surface area contributed by atoms with Gasteiger partial charge in [-0.15, -0.1) is 0 Å². The SMILES string of the molecule is CCCCC(CC)c1ccc(OCO)cn1. The first-order valence-corrected chi connectivity index (χ1v) is 6.01. The van der Waals surface area contributed by atoms with Crippen molar-refractivity contribution in [1.29, 1.82) is 0 Å². The molecule has 0 spiro atoms. The smallest absolute Gasteiger partial charge is 0.186 e. The number of aliphatic hydroxyl groups excluding tert-OH is 1. The molecule has 0 amide bonds. The highest BCUT2D eigenvalue weighted by Crippen LogP contribution is 2.24. The predicted octanol–water partition coefficient (Wildman–Crippen LogP) is 3.09. The average Bonchev–Trinajstić information content (AvgIpc) is 2.32. The van der Waals surface area contributed by atoms with E-state index in [1.807, 2.05) is 12.1 Å². The van der Waals surface area contributed by atoms with Gasteiger partial charge in [-0.2, -0.15) is 0 Å². The van der Waals surface area contributed by atoms with Crippen molar-refractivity contribution in [2.75, 3.05) is 6.79 Å². The molecule has 0 aromatic carbocycles. The van der Waals surface area contributed by atoms with Crippen LogP contribution in [0.1, 0.15) is 51.1 Å². The second-order valence-electron chi connectivity index (χ2n) is 3.94. The Labute approximate surface area is 97.5 Å². The maximum atomic E-state index is 8.61. The van der Waals surface area contributed by atoms with Crippen LogP contribution in [0.4, 0.5) is 0 Å². The van der Waals surface area contributed by atoms with Crippen LogP contribution >= 0.6 is 0 Å². The van der Waals surface area contributed by atoms with Gasteiger partial charge < -0.3 is 9.84 Å². The first-order valence-electron chi connectivity index (χ1n) is 6.01. The monoisotopic (exact) mass is 223 g/mol. The molecule has 16 heavy (non-hydrogen) atoms. The third-order valence-corrected chi connectivity index (χ3v) is 2.81. The van der Waals surface area contributed by atoms with Crippen LogP contribution in [0.2, 0.25) is 0 Å². The summed E-state index contributed by atoms with van der Waals surface area (Å²) >= 11 is 0. The fraction of sp³-hybridized carbons (Fsp3) is 0.615. The minimum atomic E-state index is -0.298. The molecule has 0 radical (unpaired) electrons. The predicted molar refractivity (Wildman–Crippen MR) is 64.5 cm³/mol. The second kappa shape index (κ2) is 7.23. The summed E-state index contributed by atoms with van der Waals surface area (Å²) in [4.78, 5) is 4.39. The van der Waals surface area contributed by atoms with Crippen LogP contribution in [0.25, 0.3) is 0 Å². The fourth-order valence-electron chi connectivity index (χ4n) is 1.80. The Kier molecular flexibility index (Phi) is 5.86. The van der Waals surface area contributed by atoms with Crippen LogP contribution in [0, 0.1) is 0 Å². The summed E-state index contributed by atoms with van der Waals surface area (Å²) < 4.78 is 4.95. The Hall–Kier alpha value is -1.09. The molecular formula is C13H21NO2. The molecule has 0 fully saturated rings. The number of rotatable bonds is 7. The zero-order valence-corrected chi connectivity index (χ0v) is 10.1. The molecule has 0 aliphatic rings. The number of aromatic nitrogens is 1. The molecule has 0 saturated carbocycles. The first-order chi connectivity index (χ1) is 7.81. The molecule has 3 heteroatoms. The van der Waals surface area contributed by atoms with E-state index >= 15 is 0 Å². The number of hydrogen-bond acceptors (Lipinski definition) is 3. The summed E-state index contributed by atoms with van der Waals surface area (Å²) in [7, 11) is 0. The van der Waals surface area contributed by atoms with Crippen LogP contribution < -0.4 is 4.74 Å². The van der Waals surface area contributed by atoms with Crippen molar-refractivity contribution in [3.8, 4) is 5.75 Å². The van der Waals surface area contributed by atoms with Crippen molar-refractivity contribution in [3.05, 3.63) is 24.0 Å². The molecule has 1 N–H and O–H groups in total. The molecule has 3 nitrogen and oxygen atoms in total. The van der Waals surface area contributed by atoms with Gasteiger partial charge in [0.2, 0.25) is 0 Å². The molecule has 0 aliphatic heterocycles. The van der Waals surface area contributed by atoms with E-state index in [0.717, 1.165) is 12.1 Å². The third kappa shape index (κ3) is 3.81. The van der Waals surface area contributed by atoms with Gasteiger partial charge in [0.1, 0.15) is 5.75 Å². The molecule has 1 aromatic rings. The second-order valence-corrected chi connectivity index (χ2v) is 3.94. The topological polar surface area (TPSA) is 42.4 Å². The van der Waals surface area contributed by atoms with E-state index in [9.17, 15) is 0 Å². The van der Waals surface area contributed by atoms with E-state index in [2.05, 4.69) is 18.8 Å². The summed E-state index contributed by atoms with van der Waals surface area (Å²) in [6.07, 6.45) is 6.46.